The first-order valence-electron chi connectivity index (χ1n) is 9.80. The van der Waals surface area contributed by atoms with Crippen LogP contribution in [0, 0.1) is 0 Å². The van der Waals surface area contributed by atoms with Crippen LogP contribution in [0.15, 0.2) is 54.6 Å². The zero-order valence-corrected chi connectivity index (χ0v) is 16.4. The number of hydrogen-bond acceptors (Lipinski definition) is 5. The van der Waals surface area contributed by atoms with Crippen LogP contribution in [0.4, 0.5) is 5.69 Å². The number of ether oxygens (including phenoxy) is 1. The molecule has 1 aliphatic rings. The number of benzene rings is 2. The lowest BCUT2D eigenvalue weighted by atomic mass is 9.96. The molecule has 0 bridgehead atoms. The Kier molecular flexibility index (Phi) is 5.53. The summed E-state index contributed by atoms with van der Waals surface area (Å²) in [4.78, 5) is 32.3. The van der Waals surface area contributed by atoms with Gasteiger partial charge in [-0.2, -0.15) is 0 Å². The highest BCUT2D eigenvalue weighted by Gasteiger charge is 2.26. The monoisotopic (exact) mass is 389 g/mol. The van der Waals surface area contributed by atoms with Crippen LogP contribution in [0.3, 0.4) is 0 Å². The van der Waals surface area contributed by atoms with Crippen LogP contribution in [0.5, 0.6) is 0 Å². The van der Waals surface area contributed by atoms with Gasteiger partial charge >= 0.3 is 5.97 Å². The Bertz CT molecular complexity index is 1050. The number of likely N-dealkylation sites (N-methyl/N-ethyl adjacent to an activating group) is 1. The summed E-state index contributed by atoms with van der Waals surface area (Å²) in [7, 11) is 0. The van der Waals surface area contributed by atoms with Crippen LogP contribution < -0.4 is 5.32 Å². The van der Waals surface area contributed by atoms with Crippen molar-refractivity contribution >= 4 is 28.5 Å². The fourth-order valence-electron chi connectivity index (χ4n) is 3.67. The number of carbonyl (C=O) groups is 2. The summed E-state index contributed by atoms with van der Waals surface area (Å²) >= 11 is 0. The van der Waals surface area contributed by atoms with Gasteiger partial charge in [0.05, 0.1) is 11.1 Å². The van der Waals surface area contributed by atoms with Crippen molar-refractivity contribution in [1.29, 1.82) is 0 Å². The predicted octanol–water partition coefficient (Wildman–Crippen LogP) is 3.41. The molecule has 0 unspecified atom stereocenters. The van der Waals surface area contributed by atoms with Crippen molar-refractivity contribution in [3.8, 4) is 0 Å². The van der Waals surface area contributed by atoms with E-state index >= 15 is 0 Å². The molecule has 1 aromatic heterocycles. The number of carbonyl (C=O) groups excluding carboxylic acids is 2. The first-order chi connectivity index (χ1) is 14.2. The highest BCUT2D eigenvalue weighted by molar-refractivity contribution is 6.06. The van der Waals surface area contributed by atoms with E-state index < -0.39 is 5.97 Å². The molecule has 0 aliphatic carbocycles. The van der Waals surface area contributed by atoms with Gasteiger partial charge in [0.1, 0.15) is 0 Å². The van der Waals surface area contributed by atoms with Crippen LogP contribution in [-0.4, -0.2) is 41.5 Å². The molecule has 0 atom stereocenters. The molecular weight excluding hydrogens is 366 g/mol. The van der Waals surface area contributed by atoms with E-state index in [0.717, 1.165) is 41.7 Å². The molecule has 3 aromatic rings. The van der Waals surface area contributed by atoms with Gasteiger partial charge in [0.25, 0.3) is 5.91 Å². The van der Waals surface area contributed by atoms with Gasteiger partial charge in [-0.1, -0.05) is 43.3 Å². The van der Waals surface area contributed by atoms with Crippen LogP contribution in [0.1, 0.15) is 28.5 Å². The molecule has 4 rings (SSSR count). The fourth-order valence-corrected chi connectivity index (χ4v) is 3.67. The van der Waals surface area contributed by atoms with Crippen molar-refractivity contribution in [1.82, 2.24) is 9.88 Å². The van der Waals surface area contributed by atoms with E-state index in [-0.39, 0.29) is 12.5 Å². The smallest absolute Gasteiger partial charge is 0.339 e. The number of amides is 1. The van der Waals surface area contributed by atoms with Gasteiger partial charge in [0, 0.05) is 41.8 Å². The van der Waals surface area contributed by atoms with Crippen molar-refractivity contribution in [2.24, 2.45) is 0 Å². The number of rotatable bonds is 5. The number of esters is 1. The second-order valence-corrected chi connectivity index (χ2v) is 7.04. The lowest BCUT2D eigenvalue weighted by Gasteiger charge is -2.28. The number of hydrogen-bond donors (Lipinski definition) is 1. The van der Waals surface area contributed by atoms with E-state index in [1.165, 1.54) is 0 Å². The number of nitrogens with one attached hydrogen (secondary N) is 1. The highest BCUT2D eigenvalue weighted by Crippen LogP contribution is 2.28. The van der Waals surface area contributed by atoms with Crippen LogP contribution in [-0.2, 0) is 22.5 Å². The molecule has 1 amide bonds. The second kappa shape index (κ2) is 8.41. The molecular formula is C23H23N3O3. The summed E-state index contributed by atoms with van der Waals surface area (Å²) < 4.78 is 5.41. The van der Waals surface area contributed by atoms with Gasteiger partial charge in [-0.25, -0.2) is 4.79 Å². The topological polar surface area (TPSA) is 71.5 Å². The largest absolute Gasteiger partial charge is 0.452 e. The molecule has 0 saturated carbocycles. The molecule has 0 fully saturated rings. The zero-order chi connectivity index (χ0) is 20.2. The molecule has 1 aliphatic heterocycles. The van der Waals surface area contributed by atoms with E-state index in [1.54, 1.807) is 12.1 Å². The molecule has 0 saturated heterocycles. The third-order valence-electron chi connectivity index (χ3n) is 5.17. The second-order valence-electron chi connectivity index (χ2n) is 7.04. The Balaban J connectivity index is 1.59. The first kappa shape index (κ1) is 19.1. The lowest BCUT2D eigenvalue weighted by molar-refractivity contribution is -0.119. The molecule has 1 N–H and O–H groups in total. The summed E-state index contributed by atoms with van der Waals surface area (Å²) in [6, 6.07) is 16.7. The van der Waals surface area contributed by atoms with E-state index in [9.17, 15) is 9.59 Å². The van der Waals surface area contributed by atoms with Crippen LogP contribution in [0.25, 0.3) is 10.9 Å². The molecule has 0 radical (unpaired) electrons. The van der Waals surface area contributed by atoms with Crippen molar-refractivity contribution in [2.75, 3.05) is 25.0 Å². The summed E-state index contributed by atoms with van der Waals surface area (Å²) in [5.74, 6) is -0.854. The molecule has 6 nitrogen and oxygen atoms in total. The Labute approximate surface area is 169 Å². The molecule has 29 heavy (non-hydrogen) atoms. The van der Waals surface area contributed by atoms with Gasteiger partial charge in [-0.15, -0.1) is 0 Å². The zero-order valence-electron chi connectivity index (χ0n) is 16.4. The standard InChI is InChI=1S/C23H23N3O3/c1-2-26-13-12-20-18(14-26)22(17-10-6-7-11-19(17)25-20)23(28)29-15-21(27)24-16-8-4-3-5-9-16/h3-11H,2,12-15H2,1H3,(H,24,27). The van der Waals surface area contributed by atoms with Crippen molar-refractivity contribution < 1.29 is 14.3 Å². The minimum Gasteiger partial charge on any atom is -0.452 e. The van der Waals surface area contributed by atoms with E-state index in [2.05, 4.69) is 17.1 Å². The van der Waals surface area contributed by atoms with Gasteiger partial charge in [0.2, 0.25) is 0 Å². The van der Waals surface area contributed by atoms with Gasteiger partial charge in [0.15, 0.2) is 6.61 Å². The Morgan fingerprint density at radius 3 is 2.66 bits per heavy atom. The average molecular weight is 389 g/mol. The van der Waals surface area contributed by atoms with Gasteiger partial charge in [-0.05, 0) is 24.7 Å². The molecule has 148 valence electrons. The quantitative estimate of drug-likeness (QED) is 0.677. The number of fused-ring (bicyclic) bond motifs is 2. The van der Waals surface area contributed by atoms with Crippen LogP contribution in [0.2, 0.25) is 0 Å². The molecule has 2 aromatic carbocycles. The van der Waals surface area contributed by atoms with E-state index in [4.69, 9.17) is 9.72 Å². The number of aromatic nitrogens is 1. The van der Waals surface area contributed by atoms with E-state index in [1.807, 2.05) is 42.5 Å². The summed E-state index contributed by atoms with van der Waals surface area (Å²) in [6.45, 7) is 4.25. The Morgan fingerprint density at radius 1 is 1.10 bits per heavy atom. The predicted molar refractivity (Wildman–Crippen MR) is 112 cm³/mol. The third-order valence-corrected chi connectivity index (χ3v) is 5.17. The average Bonchev–Trinajstić information content (AvgIpc) is 2.76. The Morgan fingerprint density at radius 2 is 1.86 bits per heavy atom. The maximum atomic E-state index is 13.0. The van der Waals surface area contributed by atoms with Crippen molar-refractivity contribution in [3.63, 3.8) is 0 Å². The minimum absolute atomic E-state index is 0.337. The fraction of sp³-hybridized carbons (Fsp3) is 0.261. The van der Waals surface area contributed by atoms with E-state index in [0.29, 0.717) is 17.8 Å². The SMILES string of the molecule is CCN1CCc2nc3ccccc3c(C(=O)OCC(=O)Nc3ccccc3)c2C1. The summed E-state index contributed by atoms with van der Waals surface area (Å²) in [6.07, 6.45) is 0.794. The molecule has 0 spiro atoms. The van der Waals surface area contributed by atoms with Gasteiger partial charge < -0.3 is 10.1 Å². The number of nitrogens with zero attached hydrogens (tertiary/aromatic N) is 2. The van der Waals surface area contributed by atoms with Crippen LogP contribution >= 0.6 is 0 Å². The normalized spacial score (nSPS) is 13.7. The number of anilines is 1. The highest BCUT2D eigenvalue weighted by atomic mass is 16.5. The maximum Gasteiger partial charge on any atom is 0.339 e. The molecule has 2 heterocycles. The maximum absolute atomic E-state index is 13.0. The third kappa shape index (κ3) is 4.12. The minimum atomic E-state index is -0.485. The first-order valence-corrected chi connectivity index (χ1v) is 9.80. The summed E-state index contributed by atoms with van der Waals surface area (Å²) in [5.41, 5.74) is 3.81. The van der Waals surface area contributed by atoms with Gasteiger partial charge in [-0.3, -0.25) is 14.7 Å². The number of pyridine rings is 1. The summed E-state index contributed by atoms with van der Waals surface area (Å²) in [5, 5.41) is 3.49. The lowest BCUT2D eigenvalue weighted by Crippen LogP contribution is -2.32. The molecule has 6 heteroatoms. The van der Waals surface area contributed by atoms with Crippen molar-refractivity contribution in [3.05, 3.63) is 71.4 Å². The Hall–Kier alpha value is -3.25. The number of para-hydroxylation sites is 2. The van der Waals surface area contributed by atoms with Crippen molar-refractivity contribution in [2.45, 2.75) is 19.9 Å².